The molecule has 1 aromatic heterocycles. The topological polar surface area (TPSA) is 41.6 Å². The van der Waals surface area contributed by atoms with E-state index in [1.54, 1.807) is 11.6 Å². The molecule has 0 aliphatic heterocycles. The van der Waals surface area contributed by atoms with Crippen LogP contribution in [0.4, 0.5) is 0 Å². The molecule has 1 aromatic rings. The van der Waals surface area contributed by atoms with Crippen molar-refractivity contribution in [1.29, 1.82) is 5.26 Å². The van der Waals surface area contributed by atoms with Crippen LogP contribution in [-0.4, -0.2) is 9.55 Å². The number of nitriles is 1. The summed E-state index contributed by atoms with van der Waals surface area (Å²) in [6.45, 7) is 0. The molecular weight excluding hydrogens is 138 g/mol. The van der Waals surface area contributed by atoms with E-state index in [2.05, 4.69) is 4.98 Å². The fourth-order valence-corrected chi connectivity index (χ4v) is 0.746. The molecular formula is C5H4ClN3. The first-order chi connectivity index (χ1) is 4.25. The van der Waals surface area contributed by atoms with Crippen LogP contribution in [-0.2, 0) is 7.05 Å². The lowest BCUT2D eigenvalue weighted by Crippen LogP contribution is -1.87. The van der Waals surface area contributed by atoms with Crippen molar-refractivity contribution in [3.05, 3.63) is 17.2 Å². The van der Waals surface area contributed by atoms with Gasteiger partial charge < -0.3 is 4.57 Å². The molecule has 4 heteroatoms. The van der Waals surface area contributed by atoms with E-state index in [0.29, 0.717) is 5.69 Å². The average Bonchev–Trinajstić information content (AvgIpc) is 2.12. The van der Waals surface area contributed by atoms with Crippen LogP contribution >= 0.6 is 11.6 Å². The van der Waals surface area contributed by atoms with Gasteiger partial charge in [-0.25, -0.2) is 4.98 Å². The Balaban J connectivity index is 3.27. The standard InChI is InChI=1S/C5H4ClN3/c1-9-3-8-5(6)4(9)2-7/h3H,1H3. The number of imidazole rings is 1. The summed E-state index contributed by atoms with van der Waals surface area (Å²) in [5.74, 6) is 0. The van der Waals surface area contributed by atoms with Gasteiger partial charge in [0, 0.05) is 7.05 Å². The molecule has 0 aliphatic rings. The monoisotopic (exact) mass is 141 g/mol. The van der Waals surface area contributed by atoms with Crippen LogP contribution in [0.5, 0.6) is 0 Å². The van der Waals surface area contributed by atoms with Crippen molar-refractivity contribution in [3.8, 4) is 6.07 Å². The third-order valence-electron chi connectivity index (χ3n) is 0.998. The molecule has 0 fully saturated rings. The molecule has 0 atom stereocenters. The summed E-state index contributed by atoms with van der Waals surface area (Å²) < 4.78 is 1.57. The lowest BCUT2D eigenvalue weighted by molar-refractivity contribution is 0.896. The molecule has 0 saturated carbocycles. The van der Waals surface area contributed by atoms with Crippen molar-refractivity contribution >= 4 is 11.6 Å². The van der Waals surface area contributed by atoms with Gasteiger partial charge in [0.05, 0.1) is 6.33 Å². The molecule has 0 amide bonds. The van der Waals surface area contributed by atoms with Crippen molar-refractivity contribution in [1.82, 2.24) is 9.55 Å². The lowest BCUT2D eigenvalue weighted by Gasteiger charge is -1.86. The SMILES string of the molecule is Cn1cnc(Cl)c1C#N. The Hall–Kier alpha value is -1.01. The van der Waals surface area contributed by atoms with Crippen molar-refractivity contribution in [2.24, 2.45) is 7.05 Å². The number of hydrogen-bond acceptors (Lipinski definition) is 2. The Morgan fingerprint density at radius 2 is 2.56 bits per heavy atom. The van der Waals surface area contributed by atoms with Gasteiger partial charge >= 0.3 is 0 Å². The summed E-state index contributed by atoms with van der Waals surface area (Å²) in [6.07, 6.45) is 1.50. The maximum absolute atomic E-state index is 8.39. The Labute approximate surface area is 57.5 Å². The Morgan fingerprint density at radius 1 is 1.89 bits per heavy atom. The van der Waals surface area contributed by atoms with Crippen molar-refractivity contribution in [2.75, 3.05) is 0 Å². The lowest BCUT2D eigenvalue weighted by atomic mass is 10.5. The van der Waals surface area contributed by atoms with E-state index in [1.807, 2.05) is 6.07 Å². The van der Waals surface area contributed by atoms with Crippen molar-refractivity contribution < 1.29 is 0 Å². The molecule has 0 aliphatic carbocycles. The fraction of sp³-hybridized carbons (Fsp3) is 0.200. The van der Waals surface area contributed by atoms with Crippen LogP contribution in [0.15, 0.2) is 6.33 Å². The molecule has 0 N–H and O–H groups in total. The number of rotatable bonds is 0. The highest BCUT2D eigenvalue weighted by atomic mass is 35.5. The van der Waals surface area contributed by atoms with Gasteiger partial charge in [-0.2, -0.15) is 5.26 Å². The molecule has 0 radical (unpaired) electrons. The highest BCUT2D eigenvalue weighted by molar-refractivity contribution is 6.30. The molecule has 0 spiro atoms. The third kappa shape index (κ3) is 0.889. The molecule has 3 nitrogen and oxygen atoms in total. The second-order valence-corrected chi connectivity index (χ2v) is 1.96. The fourth-order valence-electron chi connectivity index (χ4n) is 0.527. The number of halogens is 1. The first-order valence-electron chi connectivity index (χ1n) is 2.32. The highest BCUT2D eigenvalue weighted by Crippen LogP contribution is 2.09. The number of aromatic nitrogens is 2. The van der Waals surface area contributed by atoms with E-state index < -0.39 is 0 Å². The largest absolute Gasteiger partial charge is 0.324 e. The number of hydrogen-bond donors (Lipinski definition) is 0. The summed E-state index contributed by atoms with van der Waals surface area (Å²) in [5, 5.41) is 8.66. The predicted octanol–water partition coefficient (Wildman–Crippen LogP) is 0.945. The molecule has 0 bridgehead atoms. The zero-order valence-electron chi connectivity index (χ0n) is 4.80. The normalized spacial score (nSPS) is 9.00. The van der Waals surface area contributed by atoms with Crippen molar-refractivity contribution in [3.63, 3.8) is 0 Å². The van der Waals surface area contributed by atoms with Crippen LogP contribution in [0.25, 0.3) is 0 Å². The zero-order valence-corrected chi connectivity index (χ0v) is 5.55. The summed E-state index contributed by atoms with van der Waals surface area (Å²) in [6, 6.07) is 1.91. The minimum absolute atomic E-state index is 0.264. The quantitative estimate of drug-likeness (QED) is 0.540. The van der Waals surface area contributed by atoms with E-state index in [9.17, 15) is 0 Å². The van der Waals surface area contributed by atoms with Crippen LogP contribution in [0.3, 0.4) is 0 Å². The van der Waals surface area contributed by atoms with Gasteiger partial charge in [0.2, 0.25) is 0 Å². The molecule has 1 heterocycles. The Morgan fingerprint density at radius 3 is 2.78 bits per heavy atom. The third-order valence-corrected chi connectivity index (χ3v) is 1.27. The summed E-state index contributed by atoms with van der Waals surface area (Å²) in [5.41, 5.74) is 0.400. The van der Waals surface area contributed by atoms with E-state index in [4.69, 9.17) is 16.9 Å². The molecule has 9 heavy (non-hydrogen) atoms. The molecule has 0 aromatic carbocycles. The zero-order chi connectivity index (χ0) is 6.85. The minimum Gasteiger partial charge on any atom is -0.324 e. The summed E-state index contributed by atoms with van der Waals surface area (Å²) >= 11 is 5.49. The molecule has 0 unspecified atom stereocenters. The molecule has 0 saturated heterocycles. The van der Waals surface area contributed by atoms with Crippen molar-refractivity contribution in [2.45, 2.75) is 0 Å². The number of nitrogens with zero attached hydrogens (tertiary/aromatic N) is 3. The maximum atomic E-state index is 8.39. The van der Waals surface area contributed by atoms with Gasteiger partial charge in [-0.15, -0.1) is 0 Å². The predicted molar refractivity (Wildman–Crippen MR) is 32.9 cm³/mol. The highest BCUT2D eigenvalue weighted by Gasteiger charge is 2.02. The van der Waals surface area contributed by atoms with E-state index in [0.717, 1.165) is 0 Å². The minimum atomic E-state index is 0.264. The molecule has 1 rings (SSSR count). The van der Waals surface area contributed by atoms with Crippen LogP contribution in [0.2, 0.25) is 5.15 Å². The average molecular weight is 142 g/mol. The van der Waals surface area contributed by atoms with Gasteiger partial charge in [-0.05, 0) is 0 Å². The van der Waals surface area contributed by atoms with Crippen LogP contribution < -0.4 is 0 Å². The van der Waals surface area contributed by atoms with E-state index in [-0.39, 0.29) is 5.15 Å². The second-order valence-electron chi connectivity index (χ2n) is 1.61. The van der Waals surface area contributed by atoms with Gasteiger partial charge in [0.15, 0.2) is 10.8 Å². The number of aryl methyl sites for hydroxylation is 1. The van der Waals surface area contributed by atoms with Crippen LogP contribution in [0.1, 0.15) is 5.69 Å². The summed E-state index contributed by atoms with van der Waals surface area (Å²) in [4.78, 5) is 3.69. The second kappa shape index (κ2) is 2.08. The van der Waals surface area contributed by atoms with Crippen LogP contribution in [0, 0.1) is 11.3 Å². The van der Waals surface area contributed by atoms with E-state index in [1.165, 1.54) is 6.33 Å². The van der Waals surface area contributed by atoms with E-state index >= 15 is 0 Å². The maximum Gasteiger partial charge on any atom is 0.165 e. The van der Waals surface area contributed by atoms with Gasteiger partial charge in [0.1, 0.15) is 6.07 Å². The smallest absolute Gasteiger partial charge is 0.165 e. The first kappa shape index (κ1) is 6.12. The molecule has 46 valence electrons. The van der Waals surface area contributed by atoms with Gasteiger partial charge in [-0.1, -0.05) is 11.6 Å². The van der Waals surface area contributed by atoms with Gasteiger partial charge in [-0.3, -0.25) is 0 Å². The Kier molecular flexibility index (Phi) is 1.41. The summed E-state index contributed by atoms with van der Waals surface area (Å²) in [7, 11) is 1.72. The van der Waals surface area contributed by atoms with Gasteiger partial charge in [0.25, 0.3) is 0 Å². The Bertz CT molecular complexity index is 238. The first-order valence-corrected chi connectivity index (χ1v) is 2.70.